The molecule has 6 nitrogen and oxygen atoms in total. The number of methoxy groups -OCH3 is 1. The quantitative estimate of drug-likeness (QED) is 0.386. The zero-order valence-electron chi connectivity index (χ0n) is 7.25. The number of aliphatic hydroxyl groups is 4. The van der Waals surface area contributed by atoms with Crippen LogP contribution in [0.4, 0.5) is 0 Å². The average Bonchev–Trinajstić information content (AvgIpc) is 2.15. The molecular weight excluding hydrogens is 180 g/mol. The van der Waals surface area contributed by atoms with E-state index in [-0.39, 0.29) is 6.61 Å². The number of hydrogen-bond acceptors (Lipinski definition) is 6. The molecule has 1 saturated heterocycles. The van der Waals surface area contributed by atoms with Gasteiger partial charge in [0.1, 0.15) is 12.2 Å². The lowest BCUT2D eigenvalue weighted by molar-refractivity contribution is -0.317. The molecule has 0 amide bonds. The fourth-order valence-electron chi connectivity index (χ4n) is 1.33. The molecule has 4 atom stereocenters. The van der Waals surface area contributed by atoms with Crippen LogP contribution in [0.5, 0.6) is 0 Å². The Bertz CT molecular complexity index is 170. The van der Waals surface area contributed by atoms with Crippen molar-refractivity contribution in [3.8, 4) is 0 Å². The first-order chi connectivity index (χ1) is 6.06. The monoisotopic (exact) mass is 194 g/mol. The van der Waals surface area contributed by atoms with Crippen LogP contribution in [0.15, 0.2) is 0 Å². The predicted molar refractivity (Wildman–Crippen MR) is 40.8 cm³/mol. The Morgan fingerprint density at radius 3 is 2.62 bits per heavy atom. The summed E-state index contributed by atoms with van der Waals surface area (Å²) in [5.74, 6) is 0. The molecule has 1 unspecified atom stereocenters. The van der Waals surface area contributed by atoms with Crippen LogP contribution in [0.3, 0.4) is 0 Å². The molecule has 0 bridgehead atoms. The maximum Gasteiger partial charge on any atom is 0.191 e. The summed E-state index contributed by atoms with van der Waals surface area (Å²) in [6.45, 7) is -0.883. The van der Waals surface area contributed by atoms with Crippen molar-refractivity contribution in [3.63, 3.8) is 0 Å². The van der Waals surface area contributed by atoms with Crippen LogP contribution in [-0.4, -0.2) is 64.8 Å². The first-order valence-electron chi connectivity index (χ1n) is 3.90. The molecule has 1 rings (SSSR count). The number of ether oxygens (including phenoxy) is 2. The standard InChI is InChI=1S/C7H14O6/c1-12-6-7(11,3-8)5(10)4(9)2-13-6/h4-6,8-11H,2-3H2,1H3/t4-,5-,6?,7+/m0/s1. The molecule has 6 heteroatoms. The van der Waals surface area contributed by atoms with E-state index in [9.17, 15) is 10.2 Å². The van der Waals surface area contributed by atoms with E-state index in [1.165, 1.54) is 7.11 Å². The molecule has 1 fully saturated rings. The Morgan fingerprint density at radius 1 is 1.54 bits per heavy atom. The van der Waals surface area contributed by atoms with Crippen LogP contribution in [0.25, 0.3) is 0 Å². The van der Waals surface area contributed by atoms with Gasteiger partial charge in [-0.15, -0.1) is 0 Å². The van der Waals surface area contributed by atoms with Gasteiger partial charge in [0, 0.05) is 7.11 Å². The lowest BCUT2D eigenvalue weighted by Crippen LogP contribution is -2.65. The van der Waals surface area contributed by atoms with Crippen LogP contribution in [0, 0.1) is 0 Å². The van der Waals surface area contributed by atoms with Gasteiger partial charge in [0.15, 0.2) is 11.9 Å². The first kappa shape index (κ1) is 10.8. The molecule has 1 aliphatic rings. The van der Waals surface area contributed by atoms with Crippen molar-refractivity contribution in [3.05, 3.63) is 0 Å². The SMILES string of the molecule is COC1OC[C@H](O)[C@H](O)[C@]1(O)CO. The Morgan fingerprint density at radius 2 is 2.15 bits per heavy atom. The van der Waals surface area contributed by atoms with E-state index in [0.717, 1.165) is 0 Å². The maximum absolute atomic E-state index is 9.67. The van der Waals surface area contributed by atoms with Gasteiger partial charge in [-0.2, -0.15) is 0 Å². The Hall–Kier alpha value is -0.240. The van der Waals surface area contributed by atoms with Crippen molar-refractivity contribution in [2.45, 2.75) is 24.1 Å². The number of rotatable bonds is 2. The van der Waals surface area contributed by atoms with Gasteiger partial charge >= 0.3 is 0 Å². The second-order valence-corrected chi connectivity index (χ2v) is 3.06. The van der Waals surface area contributed by atoms with Crippen LogP contribution in [-0.2, 0) is 9.47 Å². The van der Waals surface area contributed by atoms with E-state index in [4.69, 9.17) is 19.7 Å². The fraction of sp³-hybridized carbons (Fsp3) is 1.00. The highest BCUT2D eigenvalue weighted by Crippen LogP contribution is 2.26. The summed E-state index contributed by atoms with van der Waals surface area (Å²) in [6, 6.07) is 0. The van der Waals surface area contributed by atoms with Crippen molar-refractivity contribution in [1.82, 2.24) is 0 Å². The molecule has 0 aromatic carbocycles. The molecule has 0 aromatic heterocycles. The Kier molecular flexibility index (Phi) is 3.23. The molecule has 13 heavy (non-hydrogen) atoms. The lowest BCUT2D eigenvalue weighted by atomic mass is 9.90. The highest BCUT2D eigenvalue weighted by molar-refractivity contribution is 4.96. The second-order valence-electron chi connectivity index (χ2n) is 3.06. The largest absolute Gasteiger partial charge is 0.393 e. The minimum Gasteiger partial charge on any atom is -0.393 e. The summed E-state index contributed by atoms with van der Waals surface area (Å²) in [6.07, 6.45) is -3.82. The first-order valence-corrected chi connectivity index (χ1v) is 3.90. The Balaban J connectivity index is 2.80. The van der Waals surface area contributed by atoms with Crippen molar-refractivity contribution in [1.29, 1.82) is 0 Å². The number of hydrogen-bond donors (Lipinski definition) is 4. The van der Waals surface area contributed by atoms with Gasteiger partial charge in [-0.3, -0.25) is 0 Å². The molecule has 78 valence electrons. The molecule has 1 heterocycles. The highest BCUT2D eigenvalue weighted by Gasteiger charge is 2.51. The van der Waals surface area contributed by atoms with E-state index < -0.39 is 30.7 Å². The summed E-state index contributed by atoms with van der Waals surface area (Å²) in [5, 5.41) is 37.1. The van der Waals surface area contributed by atoms with Crippen molar-refractivity contribution < 1.29 is 29.9 Å². The van der Waals surface area contributed by atoms with Crippen LogP contribution < -0.4 is 0 Å². The van der Waals surface area contributed by atoms with Gasteiger partial charge in [-0.1, -0.05) is 0 Å². The molecule has 0 spiro atoms. The summed E-state index contributed by atoms with van der Waals surface area (Å²) in [4.78, 5) is 0. The Labute approximate surface area is 75.3 Å². The lowest BCUT2D eigenvalue weighted by Gasteiger charge is -2.43. The normalized spacial score (nSPS) is 46.4. The smallest absolute Gasteiger partial charge is 0.191 e. The van der Waals surface area contributed by atoms with Crippen molar-refractivity contribution >= 4 is 0 Å². The van der Waals surface area contributed by atoms with E-state index in [1.807, 2.05) is 0 Å². The summed E-state index contributed by atoms with van der Waals surface area (Å²) in [5.41, 5.74) is -1.97. The minimum atomic E-state index is -1.97. The van der Waals surface area contributed by atoms with Crippen LogP contribution in [0.2, 0.25) is 0 Å². The summed E-state index contributed by atoms with van der Waals surface area (Å²) in [7, 11) is 1.27. The average molecular weight is 194 g/mol. The van der Waals surface area contributed by atoms with E-state index in [2.05, 4.69) is 0 Å². The molecule has 0 aliphatic carbocycles. The summed E-state index contributed by atoms with van der Waals surface area (Å²) < 4.78 is 9.59. The topological polar surface area (TPSA) is 99.4 Å². The van der Waals surface area contributed by atoms with Gasteiger partial charge in [0.2, 0.25) is 0 Å². The zero-order chi connectivity index (χ0) is 10.1. The van der Waals surface area contributed by atoms with Crippen molar-refractivity contribution in [2.75, 3.05) is 20.3 Å². The predicted octanol–water partition coefficient (Wildman–Crippen LogP) is -2.57. The van der Waals surface area contributed by atoms with Crippen LogP contribution >= 0.6 is 0 Å². The number of aliphatic hydroxyl groups excluding tert-OH is 3. The fourth-order valence-corrected chi connectivity index (χ4v) is 1.33. The van der Waals surface area contributed by atoms with Gasteiger partial charge in [-0.25, -0.2) is 0 Å². The molecule has 4 N–H and O–H groups in total. The van der Waals surface area contributed by atoms with Crippen LogP contribution in [0.1, 0.15) is 0 Å². The third kappa shape index (κ3) is 1.69. The van der Waals surface area contributed by atoms with E-state index in [1.54, 1.807) is 0 Å². The van der Waals surface area contributed by atoms with Gasteiger partial charge in [-0.05, 0) is 0 Å². The van der Waals surface area contributed by atoms with Gasteiger partial charge < -0.3 is 29.9 Å². The minimum absolute atomic E-state index is 0.137. The summed E-state index contributed by atoms with van der Waals surface area (Å²) >= 11 is 0. The van der Waals surface area contributed by atoms with E-state index >= 15 is 0 Å². The molecule has 1 aliphatic heterocycles. The van der Waals surface area contributed by atoms with Gasteiger partial charge in [0.05, 0.1) is 13.2 Å². The molecule has 0 radical (unpaired) electrons. The maximum atomic E-state index is 9.67. The van der Waals surface area contributed by atoms with Crippen molar-refractivity contribution in [2.24, 2.45) is 0 Å². The third-order valence-corrected chi connectivity index (χ3v) is 2.17. The zero-order valence-corrected chi connectivity index (χ0v) is 7.25. The van der Waals surface area contributed by atoms with Gasteiger partial charge in [0.25, 0.3) is 0 Å². The second kappa shape index (κ2) is 3.87. The highest BCUT2D eigenvalue weighted by atomic mass is 16.7. The third-order valence-electron chi connectivity index (χ3n) is 2.17. The van der Waals surface area contributed by atoms with E-state index in [0.29, 0.717) is 0 Å². The molecular formula is C7H14O6. The molecule has 0 aromatic rings. The molecule has 0 saturated carbocycles.